The molecular weight excluding hydrogens is 216 g/mol. The number of carbonyl (C=O) groups excluding carboxylic acids is 1. The Morgan fingerprint density at radius 3 is 2.53 bits per heavy atom. The van der Waals surface area contributed by atoms with Crippen molar-refractivity contribution in [2.24, 2.45) is 5.41 Å². The molecule has 1 amide bonds. The molecule has 2 unspecified atom stereocenters. The lowest BCUT2D eigenvalue weighted by Crippen LogP contribution is -2.47. The molecule has 0 aromatic carbocycles. The number of hydrogen-bond acceptors (Lipinski definition) is 3. The van der Waals surface area contributed by atoms with E-state index in [1.54, 1.807) is 0 Å². The lowest BCUT2D eigenvalue weighted by Gasteiger charge is -2.20. The van der Waals surface area contributed by atoms with Crippen LogP contribution in [0.25, 0.3) is 0 Å². The first kappa shape index (κ1) is 14.5. The third-order valence-electron chi connectivity index (χ3n) is 3.58. The largest absolute Gasteiger partial charge is 0.396 e. The van der Waals surface area contributed by atoms with Gasteiger partial charge in [-0.05, 0) is 33.1 Å². The third-order valence-corrected chi connectivity index (χ3v) is 3.58. The minimum absolute atomic E-state index is 0.0553. The smallest absolute Gasteiger partial charge is 0.237 e. The van der Waals surface area contributed by atoms with Crippen LogP contribution in [-0.2, 0) is 4.79 Å². The fourth-order valence-corrected chi connectivity index (χ4v) is 1.90. The second kappa shape index (κ2) is 6.36. The molecule has 0 bridgehead atoms. The molecule has 4 nitrogen and oxygen atoms in total. The van der Waals surface area contributed by atoms with Crippen LogP contribution in [0.3, 0.4) is 0 Å². The maximum absolute atomic E-state index is 11.8. The van der Waals surface area contributed by atoms with E-state index in [4.69, 9.17) is 0 Å². The molecule has 1 saturated carbocycles. The molecule has 4 heteroatoms. The summed E-state index contributed by atoms with van der Waals surface area (Å²) in [6, 6.07) is 0.0582. The van der Waals surface area contributed by atoms with Gasteiger partial charge in [-0.25, -0.2) is 0 Å². The highest BCUT2D eigenvalue weighted by Gasteiger charge is 2.42. The van der Waals surface area contributed by atoms with Gasteiger partial charge >= 0.3 is 0 Å². The van der Waals surface area contributed by atoms with Crippen molar-refractivity contribution in [1.82, 2.24) is 10.6 Å². The molecule has 0 saturated heterocycles. The predicted octanol–water partition coefficient (Wildman–Crippen LogP) is 1.04. The minimum atomic E-state index is -0.182. The van der Waals surface area contributed by atoms with Crippen molar-refractivity contribution in [2.75, 3.05) is 13.2 Å². The van der Waals surface area contributed by atoms with Gasteiger partial charge < -0.3 is 15.7 Å². The fraction of sp³-hybridized carbons (Fsp3) is 0.923. The van der Waals surface area contributed by atoms with E-state index in [0.29, 0.717) is 0 Å². The summed E-state index contributed by atoms with van der Waals surface area (Å²) in [7, 11) is 0. The normalized spacial score (nSPS) is 20.7. The van der Waals surface area contributed by atoms with Crippen molar-refractivity contribution < 1.29 is 9.90 Å². The Morgan fingerprint density at radius 2 is 2.06 bits per heavy atom. The summed E-state index contributed by atoms with van der Waals surface area (Å²) in [6.07, 6.45) is 4.23. The second-order valence-electron chi connectivity index (χ2n) is 5.46. The molecule has 1 fully saturated rings. The van der Waals surface area contributed by atoms with Crippen LogP contribution in [-0.4, -0.2) is 36.2 Å². The SMILES string of the molecule is CCCC(C)NC(=O)C(C)NCC1(CO)CC1. The molecule has 0 heterocycles. The zero-order chi connectivity index (χ0) is 12.9. The molecule has 17 heavy (non-hydrogen) atoms. The van der Waals surface area contributed by atoms with Crippen LogP contribution in [0.4, 0.5) is 0 Å². The minimum Gasteiger partial charge on any atom is -0.396 e. The Labute approximate surface area is 104 Å². The van der Waals surface area contributed by atoms with Crippen molar-refractivity contribution >= 4 is 5.91 Å². The van der Waals surface area contributed by atoms with Crippen LogP contribution in [0.5, 0.6) is 0 Å². The summed E-state index contributed by atoms with van der Waals surface area (Å²) in [6.45, 7) is 6.98. The van der Waals surface area contributed by atoms with E-state index < -0.39 is 0 Å². The van der Waals surface area contributed by atoms with E-state index in [2.05, 4.69) is 17.6 Å². The fourth-order valence-electron chi connectivity index (χ4n) is 1.90. The molecule has 0 aliphatic heterocycles. The van der Waals surface area contributed by atoms with Crippen molar-refractivity contribution in [3.63, 3.8) is 0 Å². The van der Waals surface area contributed by atoms with Gasteiger partial charge in [0.25, 0.3) is 0 Å². The van der Waals surface area contributed by atoms with E-state index in [0.717, 1.165) is 32.2 Å². The topological polar surface area (TPSA) is 61.4 Å². The first-order valence-electron chi connectivity index (χ1n) is 6.67. The van der Waals surface area contributed by atoms with E-state index in [-0.39, 0.29) is 30.0 Å². The molecule has 0 spiro atoms. The first-order valence-corrected chi connectivity index (χ1v) is 6.67. The predicted molar refractivity (Wildman–Crippen MR) is 68.7 cm³/mol. The van der Waals surface area contributed by atoms with Gasteiger partial charge in [-0.15, -0.1) is 0 Å². The van der Waals surface area contributed by atoms with Gasteiger partial charge in [0, 0.05) is 24.6 Å². The average Bonchev–Trinajstić information content (AvgIpc) is 3.06. The number of nitrogens with one attached hydrogen (secondary N) is 2. The Bertz CT molecular complexity index is 252. The lowest BCUT2D eigenvalue weighted by molar-refractivity contribution is -0.123. The van der Waals surface area contributed by atoms with Crippen molar-refractivity contribution in [2.45, 2.75) is 58.5 Å². The molecule has 1 rings (SSSR count). The van der Waals surface area contributed by atoms with E-state index in [9.17, 15) is 9.90 Å². The zero-order valence-corrected chi connectivity index (χ0v) is 11.3. The standard InChI is InChI=1S/C13H26N2O2/c1-4-5-10(2)15-12(17)11(3)14-8-13(9-16)6-7-13/h10-11,14,16H,4-9H2,1-3H3,(H,15,17). The molecule has 0 aromatic heterocycles. The Hall–Kier alpha value is -0.610. The summed E-state index contributed by atoms with van der Waals surface area (Å²) in [4.78, 5) is 11.8. The first-order chi connectivity index (χ1) is 8.03. The molecule has 100 valence electrons. The van der Waals surface area contributed by atoms with Crippen molar-refractivity contribution in [3.05, 3.63) is 0 Å². The van der Waals surface area contributed by atoms with Crippen molar-refractivity contribution in [3.8, 4) is 0 Å². The number of aliphatic hydroxyl groups is 1. The zero-order valence-electron chi connectivity index (χ0n) is 11.3. The van der Waals surface area contributed by atoms with E-state index in [1.807, 2.05) is 13.8 Å². The second-order valence-corrected chi connectivity index (χ2v) is 5.46. The Kier molecular flexibility index (Phi) is 5.40. The Balaban J connectivity index is 2.22. The van der Waals surface area contributed by atoms with Gasteiger partial charge in [-0.3, -0.25) is 4.79 Å². The summed E-state index contributed by atoms with van der Waals surface area (Å²) in [5.41, 5.74) is 0.0591. The highest BCUT2D eigenvalue weighted by Crippen LogP contribution is 2.44. The van der Waals surface area contributed by atoms with E-state index >= 15 is 0 Å². The number of hydrogen-bond donors (Lipinski definition) is 3. The van der Waals surface area contributed by atoms with Gasteiger partial charge in [0.15, 0.2) is 0 Å². The van der Waals surface area contributed by atoms with Crippen LogP contribution < -0.4 is 10.6 Å². The van der Waals surface area contributed by atoms with Gasteiger partial charge in [0.2, 0.25) is 5.91 Å². The lowest BCUT2D eigenvalue weighted by atomic mass is 10.1. The Morgan fingerprint density at radius 1 is 1.41 bits per heavy atom. The summed E-state index contributed by atoms with van der Waals surface area (Å²) in [5, 5.41) is 15.4. The number of rotatable bonds is 8. The van der Waals surface area contributed by atoms with Crippen LogP contribution in [0.15, 0.2) is 0 Å². The molecule has 0 radical (unpaired) electrons. The van der Waals surface area contributed by atoms with Gasteiger partial charge in [-0.1, -0.05) is 13.3 Å². The average molecular weight is 242 g/mol. The summed E-state index contributed by atoms with van der Waals surface area (Å²) in [5.74, 6) is 0.0553. The molecule has 1 aliphatic rings. The molecule has 1 aliphatic carbocycles. The molecular formula is C13H26N2O2. The summed E-state index contributed by atoms with van der Waals surface area (Å²) < 4.78 is 0. The maximum Gasteiger partial charge on any atom is 0.237 e. The highest BCUT2D eigenvalue weighted by molar-refractivity contribution is 5.81. The van der Waals surface area contributed by atoms with Crippen LogP contribution in [0, 0.1) is 5.41 Å². The maximum atomic E-state index is 11.8. The third kappa shape index (κ3) is 4.64. The number of amides is 1. The van der Waals surface area contributed by atoms with Gasteiger partial charge in [0.1, 0.15) is 0 Å². The number of carbonyl (C=O) groups is 1. The molecule has 2 atom stereocenters. The molecule has 0 aromatic rings. The van der Waals surface area contributed by atoms with Crippen LogP contribution in [0.1, 0.15) is 46.5 Å². The van der Waals surface area contributed by atoms with Gasteiger partial charge in [0.05, 0.1) is 6.04 Å². The van der Waals surface area contributed by atoms with Crippen LogP contribution in [0.2, 0.25) is 0 Å². The number of aliphatic hydroxyl groups excluding tert-OH is 1. The highest BCUT2D eigenvalue weighted by atomic mass is 16.3. The van der Waals surface area contributed by atoms with Crippen LogP contribution >= 0.6 is 0 Å². The quantitative estimate of drug-likeness (QED) is 0.596. The summed E-state index contributed by atoms with van der Waals surface area (Å²) >= 11 is 0. The van der Waals surface area contributed by atoms with Crippen molar-refractivity contribution in [1.29, 1.82) is 0 Å². The van der Waals surface area contributed by atoms with Gasteiger partial charge in [-0.2, -0.15) is 0 Å². The molecule has 3 N–H and O–H groups in total. The monoisotopic (exact) mass is 242 g/mol. The van der Waals surface area contributed by atoms with E-state index in [1.165, 1.54) is 0 Å².